The zero-order valence-corrected chi connectivity index (χ0v) is 14.5. The predicted molar refractivity (Wildman–Crippen MR) is 89.4 cm³/mol. The molecule has 2 nitrogen and oxygen atoms in total. The summed E-state index contributed by atoms with van der Waals surface area (Å²) < 4.78 is 13.1. The van der Waals surface area contributed by atoms with Crippen LogP contribution in [0.5, 0.6) is 0 Å². The second-order valence-electron chi connectivity index (χ2n) is 5.97. The number of nitrogens with zero attached hydrogens (tertiary/aromatic N) is 1. The number of thiazole rings is 1. The molecular weight excluding hydrogens is 303 g/mol. The molecule has 0 saturated heterocycles. The Kier molecular flexibility index (Phi) is 5.41. The van der Waals surface area contributed by atoms with E-state index in [1.165, 1.54) is 10.9 Å². The summed E-state index contributed by atoms with van der Waals surface area (Å²) in [6.07, 6.45) is 0. The van der Waals surface area contributed by atoms with Crippen molar-refractivity contribution in [1.29, 1.82) is 0 Å². The van der Waals surface area contributed by atoms with E-state index in [-0.39, 0.29) is 11.4 Å². The molecule has 0 atom stereocenters. The van der Waals surface area contributed by atoms with Crippen LogP contribution in [-0.2, 0) is 12.3 Å². The third-order valence-corrected chi connectivity index (χ3v) is 5.22. The van der Waals surface area contributed by atoms with Gasteiger partial charge in [-0.1, -0.05) is 6.07 Å². The molecule has 0 aliphatic rings. The number of thioether (sulfide) groups is 1. The largest absolute Gasteiger partial charge is 0.307 e. The Bertz CT molecular complexity index is 603. The first-order valence-corrected chi connectivity index (χ1v) is 8.72. The number of aryl methyl sites for hydroxylation is 1. The standard InChI is InChI=1S/C16H21FN2S2/c1-11-14(9-18-16(2,3)4)21-15(19-11)10-20-13-7-5-6-12(17)8-13/h5-8,18H,9-10H2,1-4H3. The number of nitrogens with one attached hydrogen (secondary N) is 1. The van der Waals surface area contributed by atoms with Gasteiger partial charge in [-0.15, -0.1) is 23.1 Å². The fourth-order valence-electron chi connectivity index (χ4n) is 1.76. The number of benzene rings is 1. The van der Waals surface area contributed by atoms with Crippen LogP contribution < -0.4 is 5.32 Å². The summed E-state index contributed by atoms with van der Waals surface area (Å²) in [4.78, 5) is 6.83. The molecule has 21 heavy (non-hydrogen) atoms. The summed E-state index contributed by atoms with van der Waals surface area (Å²) in [7, 11) is 0. The third-order valence-electron chi connectivity index (χ3n) is 2.87. The highest BCUT2D eigenvalue weighted by Crippen LogP contribution is 2.27. The van der Waals surface area contributed by atoms with Gasteiger partial charge in [-0.3, -0.25) is 0 Å². The van der Waals surface area contributed by atoms with Crippen LogP contribution in [-0.4, -0.2) is 10.5 Å². The Morgan fingerprint density at radius 3 is 2.76 bits per heavy atom. The van der Waals surface area contributed by atoms with Crippen molar-refractivity contribution >= 4 is 23.1 Å². The van der Waals surface area contributed by atoms with Gasteiger partial charge in [0.15, 0.2) is 0 Å². The van der Waals surface area contributed by atoms with Gasteiger partial charge in [0.05, 0.1) is 11.4 Å². The van der Waals surface area contributed by atoms with Gasteiger partial charge in [0.25, 0.3) is 0 Å². The van der Waals surface area contributed by atoms with E-state index in [1.54, 1.807) is 35.2 Å². The lowest BCUT2D eigenvalue weighted by atomic mass is 10.1. The molecule has 0 bridgehead atoms. The van der Waals surface area contributed by atoms with E-state index in [2.05, 4.69) is 31.1 Å². The highest BCUT2D eigenvalue weighted by atomic mass is 32.2. The minimum atomic E-state index is -0.189. The number of rotatable bonds is 5. The Hall–Kier alpha value is -0.910. The fraction of sp³-hybridized carbons (Fsp3) is 0.438. The number of hydrogen-bond acceptors (Lipinski definition) is 4. The van der Waals surface area contributed by atoms with Gasteiger partial charge in [0, 0.05) is 21.9 Å². The molecule has 1 aromatic heterocycles. The minimum Gasteiger partial charge on any atom is -0.307 e. The Morgan fingerprint density at radius 1 is 1.33 bits per heavy atom. The molecular formula is C16H21FN2S2. The maximum Gasteiger partial charge on any atom is 0.124 e. The topological polar surface area (TPSA) is 24.9 Å². The van der Waals surface area contributed by atoms with E-state index in [0.717, 1.165) is 27.9 Å². The van der Waals surface area contributed by atoms with E-state index in [1.807, 2.05) is 13.0 Å². The summed E-state index contributed by atoms with van der Waals surface area (Å²) in [5.41, 5.74) is 1.19. The predicted octanol–water partition coefficient (Wildman–Crippen LogP) is 4.77. The molecule has 0 radical (unpaired) electrons. The van der Waals surface area contributed by atoms with Crippen LogP contribution in [0.3, 0.4) is 0 Å². The molecule has 1 N–H and O–H groups in total. The van der Waals surface area contributed by atoms with Gasteiger partial charge in [-0.2, -0.15) is 0 Å². The Balaban J connectivity index is 1.95. The molecule has 114 valence electrons. The second kappa shape index (κ2) is 6.90. The highest BCUT2D eigenvalue weighted by molar-refractivity contribution is 7.98. The van der Waals surface area contributed by atoms with Gasteiger partial charge in [-0.05, 0) is 45.9 Å². The van der Waals surface area contributed by atoms with Crippen LogP contribution in [0.25, 0.3) is 0 Å². The van der Waals surface area contributed by atoms with Crippen molar-refractivity contribution in [2.75, 3.05) is 0 Å². The first-order valence-electron chi connectivity index (χ1n) is 6.92. The molecule has 1 heterocycles. The molecule has 5 heteroatoms. The first-order chi connectivity index (χ1) is 9.83. The maximum absolute atomic E-state index is 13.1. The van der Waals surface area contributed by atoms with Crippen molar-refractivity contribution in [3.05, 3.63) is 45.7 Å². The van der Waals surface area contributed by atoms with E-state index in [0.29, 0.717) is 0 Å². The molecule has 0 unspecified atom stereocenters. The van der Waals surface area contributed by atoms with E-state index in [4.69, 9.17) is 0 Å². The van der Waals surface area contributed by atoms with E-state index in [9.17, 15) is 4.39 Å². The molecule has 1 aromatic carbocycles. The zero-order chi connectivity index (χ0) is 15.5. The van der Waals surface area contributed by atoms with Crippen LogP contribution in [0.1, 0.15) is 36.3 Å². The van der Waals surface area contributed by atoms with Crippen molar-refractivity contribution < 1.29 is 4.39 Å². The van der Waals surface area contributed by atoms with Gasteiger partial charge >= 0.3 is 0 Å². The van der Waals surface area contributed by atoms with Crippen molar-refractivity contribution in [3.63, 3.8) is 0 Å². The van der Waals surface area contributed by atoms with Crippen molar-refractivity contribution in [3.8, 4) is 0 Å². The second-order valence-corrected chi connectivity index (χ2v) is 8.18. The summed E-state index contributed by atoms with van der Waals surface area (Å²) in [6, 6.07) is 6.70. The van der Waals surface area contributed by atoms with E-state index < -0.39 is 0 Å². The van der Waals surface area contributed by atoms with Gasteiger partial charge < -0.3 is 5.32 Å². The summed E-state index contributed by atoms with van der Waals surface area (Å²) in [6.45, 7) is 9.36. The zero-order valence-electron chi connectivity index (χ0n) is 12.9. The van der Waals surface area contributed by atoms with Gasteiger partial charge in [0.2, 0.25) is 0 Å². The Labute approximate surface area is 134 Å². The van der Waals surface area contributed by atoms with Crippen LogP contribution in [0.15, 0.2) is 29.2 Å². The fourth-order valence-corrected chi connectivity index (χ4v) is 3.70. The normalized spacial score (nSPS) is 11.9. The number of aromatic nitrogens is 1. The average molecular weight is 324 g/mol. The minimum absolute atomic E-state index is 0.104. The molecule has 2 rings (SSSR count). The molecule has 0 spiro atoms. The quantitative estimate of drug-likeness (QED) is 0.802. The maximum atomic E-state index is 13.1. The molecule has 2 aromatic rings. The monoisotopic (exact) mass is 324 g/mol. The number of halogens is 1. The van der Waals surface area contributed by atoms with Crippen LogP contribution in [0.2, 0.25) is 0 Å². The van der Waals surface area contributed by atoms with Crippen molar-refractivity contribution in [2.45, 2.75) is 50.4 Å². The smallest absolute Gasteiger partial charge is 0.124 e. The SMILES string of the molecule is Cc1nc(CSc2cccc(F)c2)sc1CNC(C)(C)C. The lowest BCUT2D eigenvalue weighted by molar-refractivity contribution is 0.425. The molecule has 0 amide bonds. The molecule has 0 aliphatic carbocycles. The van der Waals surface area contributed by atoms with Crippen LogP contribution >= 0.6 is 23.1 Å². The van der Waals surface area contributed by atoms with Crippen LogP contribution in [0.4, 0.5) is 4.39 Å². The lowest BCUT2D eigenvalue weighted by Gasteiger charge is -2.19. The first kappa shape index (κ1) is 16.5. The lowest BCUT2D eigenvalue weighted by Crippen LogP contribution is -2.34. The molecule has 0 fully saturated rings. The average Bonchev–Trinajstić information content (AvgIpc) is 2.74. The van der Waals surface area contributed by atoms with Gasteiger partial charge in [0.1, 0.15) is 10.8 Å². The van der Waals surface area contributed by atoms with E-state index >= 15 is 0 Å². The molecule has 0 saturated carbocycles. The number of hydrogen-bond donors (Lipinski definition) is 1. The molecule has 0 aliphatic heterocycles. The van der Waals surface area contributed by atoms with Gasteiger partial charge in [-0.25, -0.2) is 9.37 Å². The Morgan fingerprint density at radius 2 is 2.10 bits per heavy atom. The third kappa shape index (κ3) is 5.41. The van der Waals surface area contributed by atoms with Crippen molar-refractivity contribution in [2.24, 2.45) is 0 Å². The highest BCUT2D eigenvalue weighted by Gasteiger charge is 2.12. The summed E-state index contributed by atoms with van der Waals surface area (Å²) in [5.74, 6) is 0.593. The van der Waals surface area contributed by atoms with Crippen molar-refractivity contribution in [1.82, 2.24) is 10.3 Å². The summed E-state index contributed by atoms with van der Waals surface area (Å²) >= 11 is 3.36. The summed E-state index contributed by atoms with van der Waals surface area (Å²) in [5, 5.41) is 4.58. The van der Waals surface area contributed by atoms with Crippen LogP contribution in [0, 0.1) is 12.7 Å².